The third kappa shape index (κ3) is 3.92. The van der Waals surface area contributed by atoms with E-state index in [4.69, 9.17) is 0 Å². The summed E-state index contributed by atoms with van der Waals surface area (Å²) in [4.78, 5) is 15.3. The summed E-state index contributed by atoms with van der Waals surface area (Å²) in [6.45, 7) is 6.76. The van der Waals surface area contributed by atoms with Gasteiger partial charge < -0.3 is 5.32 Å². The number of piperazine rings is 1. The molecule has 0 aromatic heterocycles. The fourth-order valence-corrected chi connectivity index (χ4v) is 5.81. The maximum absolute atomic E-state index is 12.8. The van der Waals surface area contributed by atoms with Crippen LogP contribution in [0.2, 0.25) is 0 Å². The molecule has 10 heteroatoms. The van der Waals surface area contributed by atoms with Gasteiger partial charge >= 0.3 is 0 Å². The van der Waals surface area contributed by atoms with Crippen molar-refractivity contribution in [3.63, 3.8) is 0 Å². The SMILES string of the molecule is O=[N+]([O-])c1ccc(S(=O)(=O)N2CCN(C3CN(C4CCNCC4)C3)CC2)cc1. The lowest BCUT2D eigenvalue weighted by molar-refractivity contribution is -0.384. The number of piperidine rings is 1. The Hall–Kier alpha value is -1.59. The molecule has 3 heterocycles. The van der Waals surface area contributed by atoms with E-state index in [9.17, 15) is 18.5 Å². The molecule has 1 aromatic carbocycles. The van der Waals surface area contributed by atoms with E-state index in [-0.39, 0.29) is 10.6 Å². The highest BCUT2D eigenvalue weighted by molar-refractivity contribution is 7.89. The molecule has 0 atom stereocenters. The van der Waals surface area contributed by atoms with Crippen molar-refractivity contribution in [3.05, 3.63) is 34.4 Å². The molecule has 28 heavy (non-hydrogen) atoms. The van der Waals surface area contributed by atoms with Gasteiger partial charge in [0.25, 0.3) is 5.69 Å². The minimum absolute atomic E-state index is 0.105. The summed E-state index contributed by atoms with van der Waals surface area (Å²) in [7, 11) is -3.60. The molecule has 0 aliphatic carbocycles. The van der Waals surface area contributed by atoms with Gasteiger partial charge in [-0.25, -0.2) is 8.42 Å². The average Bonchev–Trinajstić information content (AvgIpc) is 2.68. The third-order valence-electron chi connectivity index (χ3n) is 6.19. The number of nitro groups is 1. The Labute approximate surface area is 165 Å². The molecule has 4 rings (SSSR count). The lowest BCUT2D eigenvalue weighted by Crippen LogP contribution is -2.66. The molecule has 3 saturated heterocycles. The van der Waals surface area contributed by atoms with Crippen molar-refractivity contribution in [2.24, 2.45) is 0 Å². The summed E-state index contributed by atoms with van der Waals surface area (Å²) < 4.78 is 27.1. The average molecular weight is 410 g/mol. The van der Waals surface area contributed by atoms with Crippen LogP contribution in [0.5, 0.6) is 0 Å². The zero-order valence-corrected chi connectivity index (χ0v) is 16.7. The van der Waals surface area contributed by atoms with E-state index in [0.29, 0.717) is 25.2 Å². The second-order valence-electron chi connectivity index (χ2n) is 7.78. The maximum atomic E-state index is 12.8. The number of hydrogen-bond donors (Lipinski definition) is 1. The number of hydrogen-bond acceptors (Lipinski definition) is 7. The van der Waals surface area contributed by atoms with Crippen molar-refractivity contribution in [1.29, 1.82) is 0 Å². The van der Waals surface area contributed by atoms with Gasteiger partial charge in [-0.3, -0.25) is 19.9 Å². The molecule has 0 spiro atoms. The Balaban J connectivity index is 1.29. The number of likely N-dealkylation sites (tertiary alicyclic amines) is 1. The number of benzene rings is 1. The molecule has 3 aliphatic heterocycles. The molecule has 0 bridgehead atoms. The van der Waals surface area contributed by atoms with Crippen LogP contribution in [0.3, 0.4) is 0 Å². The van der Waals surface area contributed by atoms with Gasteiger partial charge in [0, 0.05) is 63.5 Å². The Morgan fingerprint density at radius 1 is 0.929 bits per heavy atom. The number of nitro benzene ring substituents is 1. The predicted molar refractivity (Wildman–Crippen MR) is 105 cm³/mol. The number of nitrogens with one attached hydrogen (secondary N) is 1. The summed E-state index contributed by atoms with van der Waals surface area (Å²) in [5.74, 6) is 0. The first-order valence-corrected chi connectivity index (χ1v) is 11.3. The molecule has 0 unspecified atom stereocenters. The molecule has 0 saturated carbocycles. The molecular weight excluding hydrogens is 382 g/mol. The Bertz CT molecular complexity index is 796. The van der Waals surface area contributed by atoms with Crippen LogP contribution in [-0.4, -0.2) is 91.9 Å². The van der Waals surface area contributed by atoms with Crippen molar-refractivity contribution >= 4 is 15.7 Å². The van der Waals surface area contributed by atoms with Gasteiger partial charge in [0.2, 0.25) is 10.0 Å². The highest BCUT2D eigenvalue weighted by Gasteiger charge is 2.38. The number of non-ortho nitro benzene ring substituents is 1. The van der Waals surface area contributed by atoms with Crippen molar-refractivity contribution in [3.8, 4) is 0 Å². The first-order valence-electron chi connectivity index (χ1n) is 9.88. The van der Waals surface area contributed by atoms with E-state index >= 15 is 0 Å². The van der Waals surface area contributed by atoms with Crippen LogP contribution in [0.1, 0.15) is 12.8 Å². The summed E-state index contributed by atoms with van der Waals surface area (Å²) in [5.41, 5.74) is -0.105. The van der Waals surface area contributed by atoms with Gasteiger partial charge in [-0.15, -0.1) is 0 Å². The molecular formula is C18H27N5O4S. The molecule has 1 aromatic rings. The van der Waals surface area contributed by atoms with Crippen LogP contribution >= 0.6 is 0 Å². The monoisotopic (exact) mass is 409 g/mol. The Morgan fingerprint density at radius 2 is 1.54 bits per heavy atom. The van der Waals surface area contributed by atoms with E-state index in [0.717, 1.165) is 39.3 Å². The van der Waals surface area contributed by atoms with Crippen molar-refractivity contribution in [2.75, 3.05) is 52.4 Å². The lowest BCUT2D eigenvalue weighted by Gasteiger charge is -2.51. The van der Waals surface area contributed by atoms with Crippen molar-refractivity contribution in [1.82, 2.24) is 19.4 Å². The van der Waals surface area contributed by atoms with Gasteiger partial charge in [-0.1, -0.05) is 0 Å². The Kier molecular flexibility index (Phi) is 5.66. The topological polar surface area (TPSA) is 99.0 Å². The van der Waals surface area contributed by atoms with E-state index < -0.39 is 14.9 Å². The quantitative estimate of drug-likeness (QED) is 0.553. The summed E-state index contributed by atoms with van der Waals surface area (Å²) >= 11 is 0. The minimum Gasteiger partial charge on any atom is -0.317 e. The molecule has 1 N–H and O–H groups in total. The van der Waals surface area contributed by atoms with Crippen molar-refractivity contribution < 1.29 is 13.3 Å². The number of rotatable bonds is 5. The van der Waals surface area contributed by atoms with Crippen LogP contribution in [-0.2, 0) is 10.0 Å². The first-order chi connectivity index (χ1) is 13.4. The fraction of sp³-hybridized carbons (Fsp3) is 0.667. The number of sulfonamides is 1. The van der Waals surface area contributed by atoms with Gasteiger partial charge in [0.15, 0.2) is 0 Å². The zero-order valence-electron chi connectivity index (χ0n) is 15.9. The lowest BCUT2D eigenvalue weighted by atomic mass is 9.97. The van der Waals surface area contributed by atoms with Crippen LogP contribution < -0.4 is 5.32 Å². The zero-order chi connectivity index (χ0) is 19.7. The maximum Gasteiger partial charge on any atom is 0.269 e. The van der Waals surface area contributed by atoms with Crippen LogP contribution in [0, 0.1) is 10.1 Å². The largest absolute Gasteiger partial charge is 0.317 e. The normalized spacial score (nSPS) is 24.1. The molecule has 3 aliphatic rings. The number of nitrogens with zero attached hydrogens (tertiary/aromatic N) is 4. The van der Waals surface area contributed by atoms with Crippen molar-refractivity contribution in [2.45, 2.75) is 29.8 Å². The van der Waals surface area contributed by atoms with Crippen LogP contribution in [0.15, 0.2) is 29.2 Å². The van der Waals surface area contributed by atoms with Crippen LogP contribution in [0.4, 0.5) is 5.69 Å². The minimum atomic E-state index is -3.60. The molecule has 3 fully saturated rings. The second-order valence-corrected chi connectivity index (χ2v) is 9.72. The van der Waals surface area contributed by atoms with Gasteiger partial charge in [0.1, 0.15) is 0 Å². The van der Waals surface area contributed by atoms with E-state index in [1.807, 2.05) is 0 Å². The molecule has 9 nitrogen and oxygen atoms in total. The molecule has 0 radical (unpaired) electrons. The molecule has 154 valence electrons. The smallest absolute Gasteiger partial charge is 0.269 e. The molecule has 0 amide bonds. The predicted octanol–water partition coefficient (Wildman–Crippen LogP) is 0.337. The van der Waals surface area contributed by atoms with Gasteiger partial charge in [-0.2, -0.15) is 4.31 Å². The van der Waals surface area contributed by atoms with Gasteiger partial charge in [-0.05, 0) is 38.1 Å². The summed E-state index contributed by atoms with van der Waals surface area (Å²) in [5, 5.41) is 14.2. The van der Waals surface area contributed by atoms with E-state index in [2.05, 4.69) is 15.1 Å². The highest BCUT2D eigenvalue weighted by Crippen LogP contribution is 2.25. The van der Waals surface area contributed by atoms with E-state index in [1.165, 1.54) is 41.4 Å². The highest BCUT2D eigenvalue weighted by atomic mass is 32.2. The van der Waals surface area contributed by atoms with Crippen LogP contribution in [0.25, 0.3) is 0 Å². The second kappa shape index (κ2) is 8.03. The third-order valence-corrected chi connectivity index (χ3v) is 8.10. The Morgan fingerprint density at radius 3 is 2.11 bits per heavy atom. The van der Waals surface area contributed by atoms with E-state index in [1.54, 1.807) is 0 Å². The standard InChI is InChI=1S/C18H27N5O4S/c24-23(25)16-1-3-18(4-2-16)28(26,27)22-11-9-20(10-12-22)17-13-21(14-17)15-5-7-19-8-6-15/h1-4,15,17,19H,5-14H2. The summed E-state index contributed by atoms with van der Waals surface area (Å²) in [6, 6.07) is 6.35. The fourth-order valence-electron chi connectivity index (χ4n) is 4.39. The van der Waals surface area contributed by atoms with Gasteiger partial charge in [0.05, 0.1) is 9.82 Å². The first kappa shape index (κ1) is 19.7. The summed E-state index contributed by atoms with van der Waals surface area (Å²) in [6.07, 6.45) is 2.43.